The molecule has 1 aromatic heterocycles. The van der Waals surface area contributed by atoms with Gasteiger partial charge in [0.05, 0.1) is 10.1 Å². The zero-order valence-electron chi connectivity index (χ0n) is 11.8. The molecule has 0 spiro atoms. The molecule has 0 saturated heterocycles. The van der Waals surface area contributed by atoms with Crippen LogP contribution in [0.15, 0.2) is 36.5 Å². The molecule has 0 bridgehead atoms. The van der Waals surface area contributed by atoms with Crippen molar-refractivity contribution in [2.45, 2.75) is 12.2 Å². The van der Waals surface area contributed by atoms with Gasteiger partial charge in [0.15, 0.2) is 5.13 Å². The molecule has 0 unspecified atom stereocenters. The third-order valence-electron chi connectivity index (χ3n) is 2.90. The predicted octanol–water partition coefficient (Wildman–Crippen LogP) is 1.61. The number of nitrogens with zero attached hydrogens (tertiary/aromatic N) is 1. The van der Waals surface area contributed by atoms with Gasteiger partial charge in [0, 0.05) is 12.7 Å². The lowest BCUT2D eigenvalue weighted by molar-refractivity contribution is 0.252. The molecule has 1 atom stereocenters. The van der Waals surface area contributed by atoms with Crippen LogP contribution in [0, 0.1) is 0 Å². The van der Waals surface area contributed by atoms with E-state index in [1.807, 2.05) is 30.3 Å². The van der Waals surface area contributed by atoms with Crippen LogP contribution in [0.5, 0.6) is 0 Å². The van der Waals surface area contributed by atoms with Crippen LogP contribution < -0.4 is 15.8 Å². The highest BCUT2D eigenvalue weighted by Gasteiger charge is 2.16. The fourth-order valence-electron chi connectivity index (χ4n) is 1.56. The van der Waals surface area contributed by atoms with Crippen molar-refractivity contribution in [3.8, 4) is 10.4 Å². The van der Waals surface area contributed by atoms with Gasteiger partial charge in [-0.3, -0.25) is 5.32 Å². The van der Waals surface area contributed by atoms with E-state index in [0.717, 1.165) is 10.4 Å². The molecule has 1 heterocycles. The summed E-state index contributed by atoms with van der Waals surface area (Å²) in [6.45, 7) is 1.36. The topological polar surface area (TPSA) is 114 Å². The maximum Gasteiger partial charge on any atom is 0.321 e. The van der Waals surface area contributed by atoms with Crippen molar-refractivity contribution in [3.05, 3.63) is 36.5 Å². The Labute approximate surface area is 132 Å². The van der Waals surface area contributed by atoms with Gasteiger partial charge in [-0.05, 0) is 12.5 Å². The van der Waals surface area contributed by atoms with Gasteiger partial charge in [-0.15, -0.1) is 0 Å². The molecule has 2 amide bonds. The standard InChI is InChI=1S/C13H16N4O3S2/c1-9(22(14,19)20)7-15-12(18)17-13-16-8-11(21-13)10-5-3-2-4-6-10/h2-6,8-9H,7H2,1H3,(H2,14,19,20)(H2,15,16,17,18)/t9-/m1/s1. The van der Waals surface area contributed by atoms with E-state index < -0.39 is 21.3 Å². The molecule has 1 aromatic carbocycles. The van der Waals surface area contributed by atoms with Crippen molar-refractivity contribution in [3.63, 3.8) is 0 Å². The number of anilines is 1. The van der Waals surface area contributed by atoms with Gasteiger partial charge < -0.3 is 5.32 Å². The molecule has 0 radical (unpaired) electrons. The predicted molar refractivity (Wildman–Crippen MR) is 87.1 cm³/mol. The maximum atomic E-state index is 11.7. The summed E-state index contributed by atoms with van der Waals surface area (Å²) >= 11 is 1.33. The van der Waals surface area contributed by atoms with Crippen LogP contribution in [0.4, 0.5) is 9.93 Å². The van der Waals surface area contributed by atoms with Crippen molar-refractivity contribution >= 4 is 32.5 Å². The molecule has 118 valence electrons. The number of sulfonamides is 1. The third kappa shape index (κ3) is 4.52. The molecule has 0 aliphatic rings. The fraction of sp³-hybridized carbons (Fsp3) is 0.231. The van der Waals surface area contributed by atoms with Crippen LogP contribution in [0.2, 0.25) is 0 Å². The third-order valence-corrected chi connectivity index (χ3v) is 5.15. The van der Waals surface area contributed by atoms with Gasteiger partial charge in [-0.2, -0.15) is 0 Å². The average molecular weight is 340 g/mol. The minimum absolute atomic E-state index is 0.0679. The summed E-state index contributed by atoms with van der Waals surface area (Å²) in [7, 11) is -3.66. The first kappa shape index (κ1) is 16.4. The highest BCUT2D eigenvalue weighted by molar-refractivity contribution is 7.89. The molecule has 0 fully saturated rings. The number of carbonyl (C=O) groups is 1. The molecule has 2 rings (SSSR count). The van der Waals surface area contributed by atoms with E-state index >= 15 is 0 Å². The summed E-state index contributed by atoms with van der Waals surface area (Å²) < 4.78 is 22.1. The molecule has 2 aromatic rings. The van der Waals surface area contributed by atoms with Crippen LogP contribution in [-0.4, -0.2) is 31.2 Å². The Morgan fingerprint density at radius 3 is 2.68 bits per heavy atom. The SMILES string of the molecule is C[C@H](CNC(=O)Nc1ncc(-c2ccccc2)s1)S(N)(=O)=O. The van der Waals surface area contributed by atoms with Crippen LogP contribution in [0.25, 0.3) is 10.4 Å². The summed E-state index contributed by atoms with van der Waals surface area (Å²) in [6.07, 6.45) is 1.67. The maximum absolute atomic E-state index is 11.7. The number of hydrogen-bond donors (Lipinski definition) is 3. The van der Waals surface area contributed by atoms with Crippen molar-refractivity contribution in [2.75, 3.05) is 11.9 Å². The van der Waals surface area contributed by atoms with Gasteiger partial charge in [0.25, 0.3) is 0 Å². The first-order valence-corrected chi connectivity index (χ1v) is 8.86. The van der Waals surface area contributed by atoms with Crippen LogP contribution in [0.1, 0.15) is 6.92 Å². The zero-order valence-corrected chi connectivity index (χ0v) is 13.4. The molecule has 0 saturated carbocycles. The average Bonchev–Trinajstić information content (AvgIpc) is 2.93. The highest BCUT2D eigenvalue weighted by atomic mass is 32.2. The Morgan fingerprint density at radius 2 is 2.05 bits per heavy atom. The molecule has 0 aliphatic heterocycles. The zero-order chi connectivity index (χ0) is 16.2. The van der Waals surface area contributed by atoms with Crippen LogP contribution in [0.3, 0.4) is 0 Å². The molecule has 4 N–H and O–H groups in total. The van der Waals surface area contributed by atoms with Crippen molar-refractivity contribution in [2.24, 2.45) is 5.14 Å². The minimum Gasteiger partial charge on any atom is -0.336 e. The van der Waals surface area contributed by atoms with E-state index in [4.69, 9.17) is 5.14 Å². The molecule has 7 nitrogen and oxygen atoms in total. The summed E-state index contributed by atoms with van der Waals surface area (Å²) in [5.41, 5.74) is 1.01. The first-order valence-electron chi connectivity index (χ1n) is 6.44. The number of nitrogens with two attached hydrogens (primary N) is 1. The van der Waals surface area contributed by atoms with E-state index in [9.17, 15) is 13.2 Å². The Bertz CT molecular complexity index is 744. The van der Waals surface area contributed by atoms with Crippen LogP contribution >= 0.6 is 11.3 Å². The van der Waals surface area contributed by atoms with E-state index in [-0.39, 0.29) is 6.54 Å². The van der Waals surface area contributed by atoms with E-state index in [0.29, 0.717) is 5.13 Å². The summed E-state index contributed by atoms with van der Waals surface area (Å²) in [6, 6.07) is 9.14. The second kappa shape index (κ2) is 6.86. The van der Waals surface area contributed by atoms with Gasteiger partial charge in [-0.1, -0.05) is 41.7 Å². The lowest BCUT2D eigenvalue weighted by Crippen LogP contribution is -2.39. The number of benzene rings is 1. The van der Waals surface area contributed by atoms with Crippen molar-refractivity contribution < 1.29 is 13.2 Å². The number of hydrogen-bond acceptors (Lipinski definition) is 5. The smallest absolute Gasteiger partial charge is 0.321 e. The Morgan fingerprint density at radius 1 is 1.36 bits per heavy atom. The second-order valence-corrected chi connectivity index (χ2v) is 7.64. The Balaban J connectivity index is 1.92. The molecular formula is C13H16N4O3S2. The first-order chi connectivity index (χ1) is 10.4. The number of primary sulfonamides is 1. The number of amides is 2. The number of carbonyl (C=O) groups excluding carboxylic acids is 1. The minimum atomic E-state index is -3.66. The van der Waals surface area contributed by atoms with Gasteiger partial charge in [-0.25, -0.2) is 23.3 Å². The van der Waals surface area contributed by atoms with Gasteiger partial charge >= 0.3 is 6.03 Å². The number of urea groups is 1. The van der Waals surface area contributed by atoms with E-state index in [1.165, 1.54) is 18.3 Å². The summed E-state index contributed by atoms with van der Waals surface area (Å²) in [5.74, 6) is 0. The number of aromatic nitrogens is 1. The molecule has 9 heteroatoms. The fourth-order valence-corrected chi connectivity index (χ4v) is 2.69. The Hall–Kier alpha value is -1.97. The van der Waals surface area contributed by atoms with E-state index in [1.54, 1.807) is 6.20 Å². The summed E-state index contributed by atoms with van der Waals surface area (Å²) in [5, 5.41) is 9.56. The second-order valence-electron chi connectivity index (χ2n) is 4.63. The number of thiazole rings is 1. The number of nitrogens with one attached hydrogen (secondary N) is 2. The number of rotatable bonds is 5. The van der Waals surface area contributed by atoms with Crippen molar-refractivity contribution in [1.29, 1.82) is 0 Å². The largest absolute Gasteiger partial charge is 0.336 e. The normalized spacial score (nSPS) is 12.6. The summed E-state index contributed by atoms with van der Waals surface area (Å²) in [4.78, 5) is 16.7. The molecule has 0 aliphatic carbocycles. The molecule has 22 heavy (non-hydrogen) atoms. The lowest BCUT2D eigenvalue weighted by atomic mass is 10.2. The highest BCUT2D eigenvalue weighted by Crippen LogP contribution is 2.28. The lowest BCUT2D eigenvalue weighted by Gasteiger charge is -2.10. The van der Waals surface area contributed by atoms with Crippen molar-refractivity contribution in [1.82, 2.24) is 10.3 Å². The molecular weight excluding hydrogens is 324 g/mol. The van der Waals surface area contributed by atoms with Crippen LogP contribution in [-0.2, 0) is 10.0 Å². The van der Waals surface area contributed by atoms with Gasteiger partial charge in [0.1, 0.15) is 0 Å². The quantitative estimate of drug-likeness (QED) is 0.767. The van der Waals surface area contributed by atoms with Gasteiger partial charge in [0.2, 0.25) is 10.0 Å². The Kier molecular flexibility index (Phi) is 5.11. The monoisotopic (exact) mass is 340 g/mol. The van der Waals surface area contributed by atoms with E-state index in [2.05, 4.69) is 15.6 Å².